The van der Waals surface area contributed by atoms with E-state index < -0.39 is 0 Å². The highest BCUT2D eigenvalue weighted by molar-refractivity contribution is 4.83. The van der Waals surface area contributed by atoms with Gasteiger partial charge in [0.2, 0.25) is 0 Å². The van der Waals surface area contributed by atoms with Gasteiger partial charge < -0.3 is 0 Å². The van der Waals surface area contributed by atoms with E-state index in [-0.39, 0.29) is 0 Å². The molecule has 0 nitrogen and oxygen atoms in total. The van der Waals surface area contributed by atoms with Crippen molar-refractivity contribution in [2.45, 2.75) is 72.1 Å². The number of unbranched alkanes of at least 4 members (excludes halogenated alkanes) is 4. The molecule has 0 aromatic rings. The van der Waals surface area contributed by atoms with Crippen LogP contribution in [0.25, 0.3) is 0 Å². The molecule has 0 aliphatic heterocycles. The van der Waals surface area contributed by atoms with E-state index in [9.17, 15) is 0 Å². The normalized spacial score (nSPS) is 14.6. The molecule has 0 saturated carbocycles. The first-order chi connectivity index (χ1) is 7.35. The summed E-state index contributed by atoms with van der Waals surface area (Å²) in [5.41, 5.74) is 0. The Morgan fingerprint density at radius 3 is 2.50 bits per heavy atom. The molecule has 0 heterocycles. The SMILES string of the molecule is [2H]CC(CC=CCCCCC)CCCC. The van der Waals surface area contributed by atoms with Gasteiger partial charge in [-0.1, -0.05) is 65.0 Å². The Kier molecular flexibility index (Phi) is 9.13. The second-order valence-electron chi connectivity index (χ2n) is 4.21. The van der Waals surface area contributed by atoms with Gasteiger partial charge in [0.15, 0.2) is 0 Å². The Bertz CT molecular complexity index is 140. The highest BCUT2D eigenvalue weighted by Crippen LogP contribution is 2.12. The molecule has 0 rings (SSSR count). The average Bonchev–Trinajstić information content (AvgIpc) is 2.27. The van der Waals surface area contributed by atoms with Crippen LogP contribution in [0.15, 0.2) is 12.2 Å². The van der Waals surface area contributed by atoms with E-state index in [1.807, 2.05) is 0 Å². The van der Waals surface area contributed by atoms with Crippen molar-refractivity contribution >= 4 is 0 Å². The Balaban J connectivity index is 3.43. The van der Waals surface area contributed by atoms with E-state index in [1.165, 1.54) is 44.9 Å². The summed E-state index contributed by atoms with van der Waals surface area (Å²) in [7, 11) is 0. The fourth-order valence-electron chi connectivity index (χ4n) is 1.53. The average molecular weight is 197 g/mol. The summed E-state index contributed by atoms with van der Waals surface area (Å²) in [4.78, 5) is 0. The molecule has 1 atom stereocenters. The quantitative estimate of drug-likeness (QED) is 0.346. The van der Waals surface area contributed by atoms with Crippen LogP contribution in [0.2, 0.25) is 0 Å². The lowest BCUT2D eigenvalue weighted by Crippen LogP contribution is -1.91. The molecule has 0 N–H and O–H groups in total. The van der Waals surface area contributed by atoms with Gasteiger partial charge in [-0.2, -0.15) is 0 Å². The Morgan fingerprint density at radius 2 is 1.86 bits per heavy atom. The van der Waals surface area contributed by atoms with Gasteiger partial charge in [0, 0.05) is 1.37 Å². The first-order valence-electron chi connectivity index (χ1n) is 7.00. The van der Waals surface area contributed by atoms with E-state index in [4.69, 9.17) is 1.37 Å². The van der Waals surface area contributed by atoms with Crippen LogP contribution in [0, 0.1) is 5.92 Å². The molecule has 0 heteroatoms. The molecule has 0 saturated heterocycles. The van der Waals surface area contributed by atoms with Gasteiger partial charge in [0.1, 0.15) is 0 Å². The topological polar surface area (TPSA) is 0 Å². The third-order valence-corrected chi connectivity index (χ3v) is 2.58. The van der Waals surface area contributed by atoms with Crippen LogP contribution in [-0.2, 0) is 0 Å². The fraction of sp³-hybridized carbons (Fsp3) is 0.857. The summed E-state index contributed by atoms with van der Waals surface area (Å²) in [6.07, 6.45) is 14.7. The van der Waals surface area contributed by atoms with Crippen LogP contribution in [0.1, 0.15) is 73.5 Å². The van der Waals surface area contributed by atoms with Crippen molar-refractivity contribution in [2.75, 3.05) is 0 Å². The maximum atomic E-state index is 7.45. The van der Waals surface area contributed by atoms with Crippen LogP contribution in [0.3, 0.4) is 0 Å². The van der Waals surface area contributed by atoms with Crippen LogP contribution in [0.4, 0.5) is 0 Å². The zero-order chi connectivity index (χ0) is 11.4. The highest BCUT2D eigenvalue weighted by atomic mass is 14.0. The molecule has 0 spiro atoms. The van der Waals surface area contributed by atoms with Crippen molar-refractivity contribution in [3.63, 3.8) is 0 Å². The van der Waals surface area contributed by atoms with Crippen molar-refractivity contribution < 1.29 is 1.37 Å². The number of rotatable bonds is 9. The first kappa shape index (κ1) is 11.8. The number of hydrogen-bond donors (Lipinski definition) is 0. The molecule has 84 valence electrons. The molecular weight excluding hydrogens is 168 g/mol. The first-order valence-corrected chi connectivity index (χ1v) is 6.29. The van der Waals surface area contributed by atoms with Gasteiger partial charge in [-0.05, 0) is 25.2 Å². The van der Waals surface area contributed by atoms with Gasteiger partial charge in [-0.15, -0.1) is 0 Å². The number of allylic oxidation sites excluding steroid dienone is 2. The minimum Gasteiger partial charge on any atom is -0.0885 e. The minimum atomic E-state index is 0.597. The monoisotopic (exact) mass is 197 g/mol. The van der Waals surface area contributed by atoms with E-state index in [0.29, 0.717) is 12.8 Å². The van der Waals surface area contributed by atoms with Gasteiger partial charge in [0.25, 0.3) is 0 Å². The second kappa shape index (κ2) is 10.8. The fourth-order valence-corrected chi connectivity index (χ4v) is 1.53. The van der Waals surface area contributed by atoms with Crippen LogP contribution < -0.4 is 0 Å². The van der Waals surface area contributed by atoms with Crippen LogP contribution in [-0.4, -0.2) is 0 Å². The van der Waals surface area contributed by atoms with E-state index in [0.717, 1.165) is 6.42 Å². The maximum Gasteiger partial charge on any atom is 0.0233 e. The van der Waals surface area contributed by atoms with Gasteiger partial charge in [0.05, 0.1) is 0 Å². The molecule has 0 aliphatic rings. The third kappa shape index (κ3) is 9.83. The zero-order valence-electron chi connectivity index (χ0n) is 11.1. The van der Waals surface area contributed by atoms with Gasteiger partial charge >= 0.3 is 0 Å². The predicted octanol–water partition coefficient (Wildman–Crippen LogP) is 5.34. The molecule has 14 heavy (non-hydrogen) atoms. The van der Waals surface area contributed by atoms with E-state index in [2.05, 4.69) is 26.0 Å². The summed E-state index contributed by atoms with van der Waals surface area (Å²) in [6.45, 7) is 5.06. The summed E-state index contributed by atoms with van der Waals surface area (Å²) < 4.78 is 7.45. The van der Waals surface area contributed by atoms with Crippen LogP contribution >= 0.6 is 0 Å². The molecule has 0 aromatic carbocycles. The minimum absolute atomic E-state index is 0.597. The summed E-state index contributed by atoms with van der Waals surface area (Å²) in [5.74, 6) is 0.604. The highest BCUT2D eigenvalue weighted by Gasteiger charge is 1.97. The Morgan fingerprint density at radius 1 is 1.07 bits per heavy atom. The van der Waals surface area contributed by atoms with Crippen LogP contribution in [0.5, 0.6) is 0 Å². The predicted molar refractivity (Wildman–Crippen MR) is 66.6 cm³/mol. The Hall–Kier alpha value is -0.260. The smallest absolute Gasteiger partial charge is 0.0233 e. The number of hydrogen-bond acceptors (Lipinski definition) is 0. The molecule has 0 amide bonds. The molecule has 0 radical (unpaired) electrons. The maximum absolute atomic E-state index is 7.45. The van der Waals surface area contributed by atoms with Crippen molar-refractivity contribution in [1.29, 1.82) is 0 Å². The second-order valence-corrected chi connectivity index (χ2v) is 4.21. The lowest BCUT2D eigenvalue weighted by atomic mass is 10.0. The standard InChI is InChI=1S/C14H28/c1-4-6-8-9-10-11-13-14(3)12-7-5-2/h10-11,14H,4-9,12-13H2,1-3H3/i3D. The van der Waals surface area contributed by atoms with Crippen molar-refractivity contribution in [2.24, 2.45) is 5.92 Å². The zero-order valence-corrected chi connectivity index (χ0v) is 10.1. The van der Waals surface area contributed by atoms with Gasteiger partial charge in [-0.3, -0.25) is 0 Å². The van der Waals surface area contributed by atoms with Gasteiger partial charge in [-0.25, -0.2) is 0 Å². The summed E-state index contributed by atoms with van der Waals surface area (Å²) in [5, 5.41) is 0. The molecule has 0 aromatic heterocycles. The molecule has 0 bridgehead atoms. The summed E-state index contributed by atoms with van der Waals surface area (Å²) >= 11 is 0. The van der Waals surface area contributed by atoms with E-state index >= 15 is 0 Å². The van der Waals surface area contributed by atoms with Crippen molar-refractivity contribution in [3.8, 4) is 0 Å². The molecule has 0 fully saturated rings. The molecule has 0 aliphatic carbocycles. The summed E-state index contributed by atoms with van der Waals surface area (Å²) in [6, 6.07) is 0. The largest absolute Gasteiger partial charge is 0.0885 e. The van der Waals surface area contributed by atoms with Crippen molar-refractivity contribution in [3.05, 3.63) is 12.2 Å². The lowest BCUT2D eigenvalue weighted by molar-refractivity contribution is 0.511. The van der Waals surface area contributed by atoms with E-state index in [1.54, 1.807) is 0 Å². The lowest BCUT2D eigenvalue weighted by Gasteiger charge is -2.06. The molecule has 1 unspecified atom stereocenters. The van der Waals surface area contributed by atoms with Crippen molar-refractivity contribution in [1.82, 2.24) is 0 Å². The third-order valence-electron chi connectivity index (χ3n) is 2.58. The molecular formula is C14H28. The Labute approximate surface area is 92.2 Å².